The number of benzene rings is 1. The number of fused-ring (bicyclic) bond motifs is 1. The maximum Gasteiger partial charge on any atom is 0.265 e. The SMILES string of the molecule is CC1CC[NH+](CN2C(=O)C(=C(C#N)C#N)c3ccccc32)CC1. The van der Waals surface area contributed by atoms with Crippen LogP contribution in [-0.2, 0) is 4.79 Å². The van der Waals surface area contributed by atoms with Crippen LogP contribution in [0.3, 0.4) is 0 Å². The Bertz CT molecular complexity index is 729. The second-order valence-corrected chi connectivity index (χ2v) is 6.31. The molecule has 0 aromatic heterocycles. The molecular weight excluding hydrogens is 288 g/mol. The van der Waals surface area contributed by atoms with Crippen molar-refractivity contribution in [3.8, 4) is 12.1 Å². The Morgan fingerprint density at radius 2 is 1.91 bits per heavy atom. The fraction of sp³-hybridized carbons (Fsp3) is 0.389. The summed E-state index contributed by atoms with van der Waals surface area (Å²) >= 11 is 0. The van der Waals surface area contributed by atoms with Gasteiger partial charge in [-0.05, 0) is 24.8 Å². The highest BCUT2D eigenvalue weighted by atomic mass is 16.2. The molecule has 0 atom stereocenters. The van der Waals surface area contributed by atoms with E-state index in [0.717, 1.165) is 24.7 Å². The van der Waals surface area contributed by atoms with Crippen LogP contribution in [0.2, 0.25) is 0 Å². The zero-order valence-corrected chi connectivity index (χ0v) is 13.2. The number of carbonyl (C=O) groups is 1. The molecule has 1 N–H and O–H groups in total. The average molecular weight is 307 g/mol. The Morgan fingerprint density at radius 1 is 1.26 bits per heavy atom. The molecule has 0 radical (unpaired) electrons. The zero-order chi connectivity index (χ0) is 16.4. The lowest BCUT2D eigenvalue weighted by Crippen LogP contribution is -3.14. The Labute approximate surface area is 136 Å². The minimum absolute atomic E-state index is 0.104. The fourth-order valence-electron chi connectivity index (χ4n) is 3.37. The molecule has 1 amide bonds. The van der Waals surface area contributed by atoms with Gasteiger partial charge in [-0.1, -0.05) is 25.1 Å². The van der Waals surface area contributed by atoms with Gasteiger partial charge in [0.2, 0.25) is 0 Å². The van der Waals surface area contributed by atoms with Gasteiger partial charge in [-0.2, -0.15) is 10.5 Å². The maximum atomic E-state index is 12.8. The number of nitrogens with zero attached hydrogens (tertiary/aromatic N) is 3. The lowest BCUT2D eigenvalue weighted by Gasteiger charge is -2.30. The Hall–Kier alpha value is -2.63. The van der Waals surface area contributed by atoms with E-state index in [9.17, 15) is 4.79 Å². The van der Waals surface area contributed by atoms with E-state index in [1.54, 1.807) is 4.90 Å². The number of anilines is 1. The van der Waals surface area contributed by atoms with Crippen molar-refractivity contribution < 1.29 is 9.69 Å². The van der Waals surface area contributed by atoms with Crippen LogP contribution in [0.5, 0.6) is 0 Å². The third-order valence-corrected chi connectivity index (χ3v) is 4.76. The molecule has 0 spiro atoms. The molecule has 1 aromatic carbocycles. The number of nitrogens with one attached hydrogen (secondary N) is 1. The first-order chi connectivity index (χ1) is 11.2. The molecule has 5 nitrogen and oxygen atoms in total. The van der Waals surface area contributed by atoms with Gasteiger partial charge in [0.1, 0.15) is 17.7 Å². The highest BCUT2D eigenvalue weighted by molar-refractivity contribution is 6.34. The fourth-order valence-corrected chi connectivity index (χ4v) is 3.37. The maximum absolute atomic E-state index is 12.8. The van der Waals surface area contributed by atoms with E-state index in [-0.39, 0.29) is 17.1 Å². The van der Waals surface area contributed by atoms with Crippen LogP contribution in [0.25, 0.3) is 5.57 Å². The van der Waals surface area contributed by atoms with Crippen molar-refractivity contribution in [3.05, 3.63) is 35.4 Å². The summed E-state index contributed by atoms with van der Waals surface area (Å²) in [5, 5.41) is 18.3. The predicted octanol–water partition coefficient (Wildman–Crippen LogP) is 1.11. The smallest absolute Gasteiger partial charge is 0.265 e. The standard InChI is InChI=1S/C18H18N4O/c1-13-6-8-21(9-7-13)12-22-16-5-3-2-4-15(16)17(18(22)23)14(10-19)11-20/h2-5,13H,6-9,12H2,1H3/p+1. The Balaban J connectivity index is 1.94. The number of hydrogen-bond donors (Lipinski definition) is 1. The molecule has 2 heterocycles. The van der Waals surface area contributed by atoms with Crippen LogP contribution in [0.15, 0.2) is 29.8 Å². The third kappa shape index (κ3) is 2.72. The van der Waals surface area contributed by atoms with Gasteiger partial charge >= 0.3 is 0 Å². The lowest BCUT2D eigenvalue weighted by molar-refractivity contribution is -0.904. The molecule has 1 saturated heterocycles. The molecule has 2 aliphatic heterocycles. The number of nitriles is 2. The highest BCUT2D eigenvalue weighted by Gasteiger charge is 2.37. The number of rotatable bonds is 2. The van der Waals surface area contributed by atoms with Crippen molar-refractivity contribution in [1.82, 2.24) is 0 Å². The molecule has 0 aliphatic carbocycles. The molecule has 0 saturated carbocycles. The van der Waals surface area contributed by atoms with Gasteiger partial charge in [0.15, 0.2) is 6.67 Å². The van der Waals surface area contributed by atoms with Gasteiger partial charge in [-0.15, -0.1) is 0 Å². The third-order valence-electron chi connectivity index (χ3n) is 4.76. The molecule has 116 valence electrons. The van der Waals surface area contributed by atoms with Crippen LogP contribution >= 0.6 is 0 Å². The molecular formula is C18H19N4O+. The zero-order valence-electron chi connectivity index (χ0n) is 13.2. The number of likely N-dealkylation sites (tertiary alicyclic amines) is 1. The monoisotopic (exact) mass is 307 g/mol. The number of para-hydroxylation sites is 1. The lowest BCUT2D eigenvalue weighted by atomic mass is 10.00. The number of hydrogen-bond acceptors (Lipinski definition) is 3. The number of allylic oxidation sites excluding steroid dienone is 1. The molecule has 23 heavy (non-hydrogen) atoms. The summed E-state index contributed by atoms with van der Waals surface area (Å²) in [7, 11) is 0. The summed E-state index contributed by atoms with van der Waals surface area (Å²) in [6.45, 7) is 4.96. The Morgan fingerprint density at radius 3 is 2.57 bits per heavy atom. The van der Waals surface area contributed by atoms with Gasteiger partial charge < -0.3 is 4.90 Å². The van der Waals surface area contributed by atoms with Crippen molar-refractivity contribution in [2.75, 3.05) is 24.7 Å². The summed E-state index contributed by atoms with van der Waals surface area (Å²) in [5.41, 5.74) is 1.64. The van der Waals surface area contributed by atoms with E-state index in [0.29, 0.717) is 12.2 Å². The number of quaternary nitrogens is 1. The summed E-state index contributed by atoms with van der Waals surface area (Å²) in [6.07, 6.45) is 2.34. The topological polar surface area (TPSA) is 72.3 Å². The summed E-state index contributed by atoms with van der Waals surface area (Å²) in [5.74, 6) is 0.523. The van der Waals surface area contributed by atoms with E-state index in [2.05, 4.69) is 6.92 Å². The second-order valence-electron chi connectivity index (χ2n) is 6.31. The predicted molar refractivity (Wildman–Crippen MR) is 86.0 cm³/mol. The van der Waals surface area contributed by atoms with Crippen LogP contribution in [-0.4, -0.2) is 25.7 Å². The molecule has 0 unspecified atom stereocenters. The average Bonchev–Trinajstić information content (AvgIpc) is 2.84. The number of carbonyl (C=O) groups excluding carboxylic acids is 1. The van der Waals surface area contributed by atoms with Crippen LogP contribution < -0.4 is 9.80 Å². The molecule has 5 heteroatoms. The second kappa shape index (κ2) is 6.24. The van der Waals surface area contributed by atoms with Gasteiger partial charge in [0, 0.05) is 5.56 Å². The van der Waals surface area contributed by atoms with Gasteiger partial charge in [-0.3, -0.25) is 9.69 Å². The molecule has 1 aromatic rings. The molecule has 2 aliphatic rings. The van der Waals surface area contributed by atoms with Gasteiger partial charge in [-0.25, -0.2) is 0 Å². The number of piperidine rings is 1. The highest BCUT2D eigenvalue weighted by Crippen LogP contribution is 2.37. The van der Waals surface area contributed by atoms with Crippen molar-refractivity contribution in [2.24, 2.45) is 5.92 Å². The van der Waals surface area contributed by atoms with Crippen LogP contribution in [0.4, 0.5) is 5.69 Å². The van der Waals surface area contributed by atoms with Crippen molar-refractivity contribution in [1.29, 1.82) is 10.5 Å². The minimum Gasteiger partial charge on any atom is -0.317 e. The van der Waals surface area contributed by atoms with Crippen LogP contribution in [0, 0.1) is 28.6 Å². The van der Waals surface area contributed by atoms with E-state index >= 15 is 0 Å². The van der Waals surface area contributed by atoms with Gasteiger partial charge in [0.05, 0.1) is 24.4 Å². The quantitative estimate of drug-likeness (QED) is 0.657. The minimum atomic E-state index is -0.226. The van der Waals surface area contributed by atoms with Crippen molar-refractivity contribution in [2.45, 2.75) is 19.8 Å². The summed E-state index contributed by atoms with van der Waals surface area (Å²) in [6, 6.07) is 11.1. The Kier molecular flexibility index (Phi) is 4.14. The summed E-state index contributed by atoms with van der Waals surface area (Å²) in [4.78, 5) is 15.9. The van der Waals surface area contributed by atoms with Crippen molar-refractivity contribution >= 4 is 17.2 Å². The normalized spacial score (nSPS) is 23.2. The molecule has 1 fully saturated rings. The van der Waals surface area contributed by atoms with E-state index < -0.39 is 0 Å². The first-order valence-corrected chi connectivity index (χ1v) is 7.95. The van der Waals surface area contributed by atoms with E-state index in [1.165, 1.54) is 17.7 Å². The van der Waals surface area contributed by atoms with E-state index in [4.69, 9.17) is 10.5 Å². The van der Waals surface area contributed by atoms with E-state index in [1.807, 2.05) is 36.4 Å². The van der Waals surface area contributed by atoms with Gasteiger partial charge in [0.25, 0.3) is 5.91 Å². The first-order valence-electron chi connectivity index (χ1n) is 7.95. The summed E-state index contributed by atoms with van der Waals surface area (Å²) < 4.78 is 0. The van der Waals surface area contributed by atoms with Crippen molar-refractivity contribution in [3.63, 3.8) is 0 Å². The first kappa shape index (κ1) is 15.3. The number of amides is 1. The molecule has 0 bridgehead atoms. The molecule has 3 rings (SSSR count). The largest absolute Gasteiger partial charge is 0.317 e. The van der Waals surface area contributed by atoms with Crippen LogP contribution in [0.1, 0.15) is 25.3 Å².